The van der Waals surface area contributed by atoms with E-state index in [0.717, 1.165) is 16.7 Å². The van der Waals surface area contributed by atoms with Gasteiger partial charge < -0.3 is 4.42 Å². The van der Waals surface area contributed by atoms with E-state index >= 15 is 0 Å². The summed E-state index contributed by atoms with van der Waals surface area (Å²) in [6.07, 6.45) is 1.53. The normalized spacial score (nSPS) is 12.5. The molecule has 0 aliphatic carbocycles. The first-order valence-electron chi connectivity index (χ1n) is 5.93. The number of halogens is 3. The van der Waals surface area contributed by atoms with Crippen LogP contribution in [0.25, 0.3) is 27.4 Å². The fourth-order valence-electron chi connectivity index (χ4n) is 2.08. The number of para-hydroxylation sites is 1. The second-order valence-corrected chi connectivity index (χ2v) is 5.82. The molecule has 1 aromatic carbocycles. The molecular weight excluding hydrogens is 320 g/mol. The predicted molar refractivity (Wildman–Crippen MR) is 75.8 cm³/mol. The van der Waals surface area contributed by atoms with Crippen LogP contribution in [0.1, 0.15) is 5.01 Å². The highest BCUT2D eigenvalue weighted by Crippen LogP contribution is 2.36. The summed E-state index contributed by atoms with van der Waals surface area (Å²) in [4.78, 5) is 4.40. The van der Waals surface area contributed by atoms with E-state index in [1.807, 2.05) is 30.3 Å². The number of furan rings is 1. The van der Waals surface area contributed by atoms with Crippen LogP contribution in [0.3, 0.4) is 0 Å². The molecule has 3 heterocycles. The van der Waals surface area contributed by atoms with Crippen LogP contribution in [-0.4, -0.2) is 14.6 Å². The van der Waals surface area contributed by atoms with Crippen molar-refractivity contribution < 1.29 is 13.2 Å². The van der Waals surface area contributed by atoms with Gasteiger partial charge in [0.1, 0.15) is 11.3 Å². The number of hydrogen-bond acceptors (Lipinski definition) is 4. The van der Waals surface area contributed by atoms with Crippen molar-refractivity contribution in [1.82, 2.24) is 14.6 Å². The van der Waals surface area contributed by atoms with Crippen molar-refractivity contribution in [3.63, 3.8) is 0 Å². The fraction of sp³-hybridized carbons (Fsp3) is 0.0769. The van der Waals surface area contributed by atoms with E-state index in [9.17, 15) is 8.78 Å². The molecule has 0 N–H and O–H groups in total. The zero-order valence-electron chi connectivity index (χ0n) is 10.3. The van der Waals surface area contributed by atoms with Gasteiger partial charge in [-0.3, -0.25) is 0 Å². The third kappa shape index (κ3) is 2.00. The Hall–Kier alpha value is -1.99. The summed E-state index contributed by atoms with van der Waals surface area (Å²) in [6.45, 7) is 0. The number of hydrogen-bond donors (Lipinski definition) is 0. The van der Waals surface area contributed by atoms with Gasteiger partial charge in [-0.1, -0.05) is 29.5 Å². The number of alkyl halides is 3. The van der Waals surface area contributed by atoms with Gasteiger partial charge in [0, 0.05) is 5.39 Å². The van der Waals surface area contributed by atoms with E-state index in [0.29, 0.717) is 22.0 Å². The number of fused-ring (bicyclic) bond motifs is 2. The lowest BCUT2D eigenvalue weighted by Crippen LogP contribution is -2.03. The molecule has 106 valence electrons. The molecule has 3 aromatic heterocycles. The maximum atomic E-state index is 13.1. The Labute approximate surface area is 125 Å². The average Bonchev–Trinajstić information content (AvgIpc) is 3.10. The maximum Gasteiger partial charge on any atom is 0.375 e. The molecule has 0 spiro atoms. The van der Waals surface area contributed by atoms with E-state index < -0.39 is 10.4 Å². The average molecular weight is 326 g/mol. The van der Waals surface area contributed by atoms with Crippen molar-refractivity contribution >= 4 is 38.9 Å². The van der Waals surface area contributed by atoms with Gasteiger partial charge in [0.15, 0.2) is 5.76 Å². The Morgan fingerprint density at radius 2 is 2.10 bits per heavy atom. The molecular formula is C13H6ClF2N3OS. The first-order valence-corrected chi connectivity index (χ1v) is 7.12. The molecule has 0 fully saturated rings. The van der Waals surface area contributed by atoms with Crippen LogP contribution in [0.15, 0.2) is 40.9 Å². The van der Waals surface area contributed by atoms with Crippen LogP contribution >= 0.6 is 22.9 Å². The van der Waals surface area contributed by atoms with Crippen molar-refractivity contribution in [2.24, 2.45) is 0 Å². The fourth-order valence-corrected chi connectivity index (χ4v) is 2.98. The number of aromatic nitrogens is 3. The smallest absolute Gasteiger partial charge is 0.375 e. The maximum absolute atomic E-state index is 13.1. The third-order valence-corrected chi connectivity index (χ3v) is 4.29. The van der Waals surface area contributed by atoms with Crippen molar-refractivity contribution in [2.45, 2.75) is 5.38 Å². The SMILES string of the molecule is FC(F)(Cl)c1nn2c(-c3cc4ccccc4o3)cnc2s1. The monoisotopic (exact) mass is 325 g/mol. The van der Waals surface area contributed by atoms with Crippen LogP contribution in [0.2, 0.25) is 0 Å². The highest BCUT2D eigenvalue weighted by atomic mass is 35.5. The lowest BCUT2D eigenvalue weighted by Gasteiger charge is -2.00. The molecule has 0 amide bonds. The predicted octanol–water partition coefficient (Wildman–Crippen LogP) is 4.49. The largest absolute Gasteiger partial charge is 0.454 e. The number of rotatable bonds is 2. The molecule has 8 heteroatoms. The molecule has 0 radical (unpaired) electrons. The Bertz CT molecular complexity index is 920. The van der Waals surface area contributed by atoms with E-state index in [1.54, 1.807) is 0 Å². The first kappa shape index (κ1) is 12.7. The van der Waals surface area contributed by atoms with Crippen LogP contribution in [-0.2, 0) is 5.38 Å². The van der Waals surface area contributed by atoms with Gasteiger partial charge in [0.2, 0.25) is 9.97 Å². The summed E-state index contributed by atoms with van der Waals surface area (Å²) in [5.74, 6) is 0.512. The Morgan fingerprint density at radius 1 is 1.29 bits per heavy atom. The van der Waals surface area contributed by atoms with Crippen LogP contribution in [0.5, 0.6) is 0 Å². The molecule has 4 nitrogen and oxygen atoms in total. The molecule has 0 aliphatic rings. The summed E-state index contributed by atoms with van der Waals surface area (Å²) in [5, 5.41) is 0.739. The van der Waals surface area contributed by atoms with E-state index in [2.05, 4.69) is 10.1 Å². The summed E-state index contributed by atoms with van der Waals surface area (Å²) in [6, 6.07) is 9.30. The van der Waals surface area contributed by atoms with E-state index in [1.165, 1.54) is 10.7 Å². The molecule has 4 rings (SSSR count). The molecule has 0 aliphatic heterocycles. The zero-order chi connectivity index (χ0) is 14.6. The molecule has 0 bridgehead atoms. The second kappa shape index (κ2) is 4.25. The van der Waals surface area contributed by atoms with E-state index in [-0.39, 0.29) is 0 Å². The Morgan fingerprint density at radius 3 is 2.86 bits per heavy atom. The van der Waals surface area contributed by atoms with Crippen LogP contribution in [0, 0.1) is 0 Å². The van der Waals surface area contributed by atoms with Gasteiger partial charge in [0.05, 0.1) is 6.20 Å². The van der Waals surface area contributed by atoms with Crippen molar-refractivity contribution in [3.8, 4) is 11.5 Å². The van der Waals surface area contributed by atoms with Crippen molar-refractivity contribution in [1.29, 1.82) is 0 Å². The number of nitrogens with zero attached hydrogens (tertiary/aromatic N) is 3. The molecule has 0 atom stereocenters. The minimum Gasteiger partial charge on any atom is -0.454 e. The summed E-state index contributed by atoms with van der Waals surface area (Å²) >= 11 is 5.74. The van der Waals surface area contributed by atoms with Gasteiger partial charge in [0.25, 0.3) is 0 Å². The first-order chi connectivity index (χ1) is 10.0. The van der Waals surface area contributed by atoms with Gasteiger partial charge in [-0.15, -0.1) is 0 Å². The number of imidazole rings is 1. The van der Waals surface area contributed by atoms with E-state index in [4.69, 9.17) is 16.0 Å². The van der Waals surface area contributed by atoms with Crippen LogP contribution < -0.4 is 0 Å². The Balaban J connectivity index is 1.91. The minimum absolute atomic E-state index is 0.334. The third-order valence-electron chi connectivity index (χ3n) is 3.01. The minimum atomic E-state index is -3.50. The summed E-state index contributed by atoms with van der Waals surface area (Å²) < 4.78 is 33.3. The van der Waals surface area contributed by atoms with Gasteiger partial charge in [-0.2, -0.15) is 18.4 Å². The van der Waals surface area contributed by atoms with Crippen LogP contribution in [0.4, 0.5) is 8.78 Å². The van der Waals surface area contributed by atoms with Crippen molar-refractivity contribution in [3.05, 3.63) is 41.5 Å². The van der Waals surface area contributed by atoms with Gasteiger partial charge in [-0.05, 0) is 23.7 Å². The standard InChI is InChI=1S/C13H6ClF2N3OS/c14-13(15,16)11-18-19-8(6-17-12(19)21-11)10-5-7-3-1-2-4-9(7)20-10/h1-6H. The summed E-state index contributed by atoms with van der Waals surface area (Å²) in [7, 11) is 0. The van der Waals surface area contributed by atoms with Gasteiger partial charge in [-0.25, -0.2) is 4.98 Å². The summed E-state index contributed by atoms with van der Waals surface area (Å²) in [5.41, 5.74) is 1.21. The topological polar surface area (TPSA) is 43.3 Å². The lowest BCUT2D eigenvalue weighted by atomic mass is 10.2. The second-order valence-electron chi connectivity index (χ2n) is 4.39. The molecule has 4 aromatic rings. The highest BCUT2D eigenvalue weighted by molar-refractivity contribution is 7.17. The Kier molecular flexibility index (Phi) is 2.58. The molecule has 0 saturated carbocycles. The van der Waals surface area contributed by atoms with Gasteiger partial charge >= 0.3 is 5.38 Å². The zero-order valence-corrected chi connectivity index (χ0v) is 11.8. The molecule has 0 saturated heterocycles. The quantitative estimate of drug-likeness (QED) is 0.510. The molecule has 0 unspecified atom stereocenters. The highest BCUT2D eigenvalue weighted by Gasteiger charge is 2.33. The lowest BCUT2D eigenvalue weighted by molar-refractivity contribution is 0.0936. The number of benzene rings is 1. The van der Waals surface area contributed by atoms with Crippen molar-refractivity contribution in [2.75, 3.05) is 0 Å². The molecule has 21 heavy (non-hydrogen) atoms.